The van der Waals surface area contributed by atoms with Gasteiger partial charge in [0.2, 0.25) is 0 Å². The number of nitrogens with zero attached hydrogens (tertiary/aromatic N) is 1. The van der Waals surface area contributed by atoms with Crippen molar-refractivity contribution in [2.75, 3.05) is 5.32 Å². The second-order valence-corrected chi connectivity index (χ2v) is 3.29. The Labute approximate surface area is 87.9 Å². The Morgan fingerprint density at radius 2 is 2.15 bits per heavy atom. The van der Waals surface area contributed by atoms with Gasteiger partial charge in [-0.1, -0.05) is 0 Å². The molecule has 13 heavy (non-hydrogen) atoms. The van der Waals surface area contributed by atoms with Crippen LogP contribution < -0.4 is 11.1 Å². The molecule has 0 atom stereocenters. The van der Waals surface area contributed by atoms with E-state index in [1.807, 2.05) is 22.6 Å². The number of hydrogen-bond acceptors (Lipinski definition) is 3. The highest BCUT2D eigenvalue weighted by molar-refractivity contribution is 14.1. The first-order valence-electron chi connectivity index (χ1n) is 3.32. The summed E-state index contributed by atoms with van der Waals surface area (Å²) in [6, 6.07) is 3.34. The van der Waals surface area contributed by atoms with Crippen LogP contribution in [0.5, 0.6) is 0 Å². The number of nitrogens with two attached hydrogens (primary N) is 1. The molecule has 0 unspecified atom stereocenters. The molecule has 1 aromatic heterocycles. The second-order valence-electron chi connectivity index (χ2n) is 2.19. The summed E-state index contributed by atoms with van der Waals surface area (Å²) < 4.78 is 0.801. The van der Waals surface area contributed by atoms with Crippen LogP contribution in [0.4, 0.5) is 5.69 Å². The van der Waals surface area contributed by atoms with Crippen LogP contribution in [0.15, 0.2) is 18.3 Å². The van der Waals surface area contributed by atoms with Crippen molar-refractivity contribution < 1.29 is 9.59 Å². The number of rotatable bonds is 1. The first-order chi connectivity index (χ1) is 6.09. The molecule has 0 aliphatic heterocycles. The van der Waals surface area contributed by atoms with E-state index < -0.39 is 11.8 Å². The third-order valence-electron chi connectivity index (χ3n) is 1.21. The van der Waals surface area contributed by atoms with E-state index in [0.717, 1.165) is 3.70 Å². The van der Waals surface area contributed by atoms with E-state index in [1.54, 1.807) is 12.1 Å². The topological polar surface area (TPSA) is 85.1 Å². The number of anilines is 1. The van der Waals surface area contributed by atoms with Crippen molar-refractivity contribution in [2.45, 2.75) is 0 Å². The summed E-state index contributed by atoms with van der Waals surface area (Å²) in [6.45, 7) is 0. The van der Waals surface area contributed by atoms with E-state index in [0.29, 0.717) is 5.69 Å². The van der Waals surface area contributed by atoms with Gasteiger partial charge in [0, 0.05) is 0 Å². The second kappa shape index (κ2) is 4.17. The molecule has 0 saturated heterocycles. The molecule has 0 spiro atoms. The SMILES string of the molecule is NC(=O)C(=O)Nc1ccc(I)nc1. The van der Waals surface area contributed by atoms with Gasteiger partial charge in [-0.3, -0.25) is 9.59 Å². The molecular weight excluding hydrogens is 285 g/mol. The third kappa shape index (κ3) is 2.98. The maximum atomic E-state index is 10.8. The van der Waals surface area contributed by atoms with Crippen LogP contribution >= 0.6 is 22.6 Å². The Kier molecular flexibility index (Phi) is 3.18. The fraction of sp³-hybridized carbons (Fsp3) is 0. The zero-order valence-electron chi connectivity index (χ0n) is 6.45. The number of amides is 2. The van der Waals surface area contributed by atoms with Crippen molar-refractivity contribution in [3.8, 4) is 0 Å². The molecule has 3 N–H and O–H groups in total. The Bertz CT molecular complexity index is 336. The number of hydrogen-bond donors (Lipinski definition) is 2. The van der Waals surface area contributed by atoms with Gasteiger partial charge < -0.3 is 11.1 Å². The number of carbonyl (C=O) groups is 2. The molecule has 0 radical (unpaired) electrons. The van der Waals surface area contributed by atoms with E-state index >= 15 is 0 Å². The summed E-state index contributed by atoms with van der Waals surface area (Å²) in [5.74, 6) is -1.86. The quantitative estimate of drug-likeness (QED) is 0.437. The predicted molar refractivity (Wildman–Crippen MR) is 54.8 cm³/mol. The molecule has 0 aliphatic carbocycles. The van der Waals surface area contributed by atoms with Crippen LogP contribution in [0.2, 0.25) is 0 Å². The van der Waals surface area contributed by atoms with E-state index in [-0.39, 0.29) is 0 Å². The minimum Gasteiger partial charge on any atom is -0.361 e. The van der Waals surface area contributed by atoms with Crippen molar-refractivity contribution in [1.82, 2.24) is 4.98 Å². The standard InChI is InChI=1S/C7H6IN3O2/c8-5-2-1-4(3-10-5)11-7(13)6(9)12/h1-3H,(H2,9,12)(H,11,13). The smallest absolute Gasteiger partial charge is 0.313 e. The van der Waals surface area contributed by atoms with Crippen LogP contribution in [-0.2, 0) is 9.59 Å². The van der Waals surface area contributed by atoms with E-state index in [9.17, 15) is 9.59 Å². The van der Waals surface area contributed by atoms with Crippen LogP contribution in [-0.4, -0.2) is 16.8 Å². The molecule has 2 amide bonds. The predicted octanol–water partition coefficient (Wildman–Crippen LogP) is 0.110. The Hall–Kier alpha value is -1.18. The van der Waals surface area contributed by atoms with Crippen LogP contribution in [0.25, 0.3) is 0 Å². The minimum atomic E-state index is -1.02. The molecular formula is C7H6IN3O2. The third-order valence-corrected chi connectivity index (χ3v) is 1.85. The molecule has 0 fully saturated rings. The van der Waals surface area contributed by atoms with Gasteiger partial charge >= 0.3 is 11.8 Å². The number of primary amides is 1. The molecule has 5 nitrogen and oxygen atoms in total. The van der Waals surface area contributed by atoms with Gasteiger partial charge in [0.1, 0.15) is 3.70 Å². The molecule has 6 heteroatoms. The molecule has 1 rings (SSSR count). The average molecular weight is 291 g/mol. The van der Waals surface area contributed by atoms with Crippen LogP contribution in [0.1, 0.15) is 0 Å². The van der Waals surface area contributed by atoms with Crippen LogP contribution in [0, 0.1) is 3.70 Å². The lowest BCUT2D eigenvalue weighted by Crippen LogP contribution is -2.29. The fourth-order valence-electron chi connectivity index (χ4n) is 0.642. The normalized spacial score (nSPS) is 9.31. The summed E-state index contributed by atoms with van der Waals surface area (Å²) in [5, 5.41) is 2.29. The highest BCUT2D eigenvalue weighted by atomic mass is 127. The molecule has 0 aromatic carbocycles. The molecule has 68 valence electrons. The highest BCUT2D eigenvalue weighted by Gasteiger charge is 2.07. The lowest BCUT2D eigenvalue weighted by Gasteiger charge is -2.00. The molecule has 0 bridgehead atoms. The van der Waals surface area contributed by atoms with Gasteiger partial charge in [-0.2, -0.15) is 0 Å². The van der Waals surface area contributed by atoms with Crippen LogP contribution in [0.3, 0.4) is 0 Å². The van der Waals surface area contributed by atoms with Gasteiger partial charge in [-0.15, -0.1) is 0 Å². The van der Waals surface area contributed by atoms with E-state index in [4.69, 9.17) is 5.73 Å². The summed E-state index contributed by atoms with van der Waals surface area (Å²) in [5.41, 5.74) is 5.19. The zero-order valence-corrected chi connectivity index (χ0v) is 8.61. The number of nitrogens with one attached hydrogen (secondary N) is 1. The van der Waals surface area contributed by atoms with Crippen molar-refractivity contribution in [3.63, 3.8) is 0 Å². The number of pyridine rings is 1. The fourth-order valence-corrected chi connectivity index (χ4v) is 0.962. The lowest BCUT2D eigenvalue weighted by molar-refractivity contribution is -0.134. The largest absolute Gasteiger partial charge is 0.361 e. The lowest BCUT2D eigenvalue weighted by atomic mass is 10.4. The van der Waals surface area contributed by atoms with Gasteiger partial charge in [0.05, 0.1) is 11.9 Å². The summed E-state index contributed by atoms with van der Waals surface area (Å²) in [4.78, 5) is 25.1. The van der Waals surface area contributed by atoms with Crippen molar-refractivity contribution in [2.24, 2.45) is 5.73 Å². The Balaban J connectivity index is 2.70. The first kappa shape index (κ1) is 9.90. The van der Waals surface area contributed by atoms with Crippen molar-refractivity contribution in [3.05, 3.63) is 22.0 Å². The molecule has 1 aromatic rings. The first-order valence-corrected chi connectivity index (χ1v) is 4.40. The van der Waals surface area contributed by atoms with Gasteiger partial charge in [0.25, 0.3) is 0 Å². The van der Waals surface area contributed by atoms with E-state index in [2.05, 4.69) is 10.3 Å². The van der Waals surface area contributed by atoms with E-state index in [1.165, 1.54) is 6.20 Å². The minimum absolute atomic E-state index is 0.448. The molecule has 1 heterocycles. The Morgan fingerprint density at radius 3 is 2.62 bits per heavy atom. The summed E-state index contributed by atoms with van der Waals surface area (Å²) in [6.07, 6.45) is 1.45. The highest BCUT2D eigenvalue weighted by Crippen LogP contribution is 2.06. The monoisotopic (exact) mass is 291 g/mol. The number of carbonyl (C=O) groups excluding carboxylic acids is 2. The van der Waals surface area contributed by atoms with Crippen molar-refractivity contribution >= 4 is 40.1 Å². The molecule has 0 aliphatic rings. The van der Waals surface area contributed by atoms with Gasteiger partial charge in [-0.05, 0) is 34.7 Å². The van der Waals surface area contributed by atoms with Gasteiger partial charge in [0.15, 0.2) is 0 Å². The Morgan fingerprint density at radius 1 is 1.46 bits per heavy atom. The average Bonchev–Trinajstić information content (AvgIpc) is 2.08. The summed E-state index contributed by atoms with van der Waals surface area (Å²) in [7, 11) is 0. The maximum absolute atomic E-state index is 10.8. The maximum Gasteiger partial charge on any atom is 0.313 e. The number of halogens is 1. The van der Waals surface area contributed by atoms with Gasteiger partial charge in [-0.25, -0.2) is 4.98 Å². The molecule has 0 saturated carbocycles. The number of aromatic nitrogens is 1. The zero-order chi connectivity index (χ0) is 9.84. The summed E-state index contributed by atoms with van der Waals surface area (Å²) >= 11 is 2.03. The van der Waals surface area contributed by atoms with Crippen molar-refractivity contribution in [1.29, 1.82) is 0 Å².